The van der Waals surface area contributed by atoms with Gasteiger partial charge in [0.1, 0.15) is 17.4 Å². The van der Waals surface area contributed by atoms with Crippen molar-refractivity contribution < 1.29 is 22.7 Å². The minimum atomic E-state index is -4.51. The molecule has 0 spiro atoms. The number of nitrogens with one attached hydrogen (secondary N) is 2. The predicted molar refractivity (Wildman–Crippen MR) is 151 cm³/mol. The Morgan fingerprint density at radius 1 is 1.10 bits per heavy atom. The molecule has 0 saturated heterocycles. The van der Waals surface area contributed by atoms with Crippen LogP contribution in [-0.2, 0) is 17.4 Å². The van der Waals surface area contributed by atoms with E-state index in [0.717, 1.165) is 17.7 Å². The summed E-state index contributed by atoms with van der Waals surface area (Å²) < 4.78 is 45.7. The van der Waals surface area contributed by atoms with Crippen molar-refractivity contribution in [3.05, 3.63) is 77.1 Å². The van der Waals surface area contributed by atoms with E-state index in [4.69, 9.17) is 10.5 Å². The van der Waals surface area contributed by atoms with E-state index < -0.39 is 17.8 Å². The first-order valence-electron chi connectivity index (χ1n) is 12.5. The maximum Gasteiger partial charge on any atom is 0.416 e. The molecule has 0 aliphatic rings. The number of alkyl halides is 3. The topological polar surface area (TPSA) is 105 Å². The average Bonchev–Trinajstić information content (AvgIpc) is 2.88. The van der Waals surface area contributed by atoms with Gasteiger partial charge in [-0.05, 0) is 61.9 Å². The zero-order chi connectivity index (χ0) is 29.2. The fraction of sp³-hybridized carbons (Fsp3) is 0.276. The molecule has 3 aromatic carbocycles. The van der Waals surface area contributed by atoms with Gasteiger partial charge in [0.25, 0.3) is 0 Å². The minimum Gasteiger partial charge on any atom is -0.494 e. The molecule has 8 nitrogen and oxygen atoms in total. The number of benzene rings is 3. The maximum absolute atomic E-state index is 13.4. The van der Waals surface area contributed by atoms with Crippen LogP contribution in [0.15, 0.2) is 54.6 Å². The summed E-state index contributed by atoms with van der Waals surface area (Å²) in [6.45, 7) is 3.49. The molecule has 0 fully saturated rings. The number of nitrogens with two attached hydrogens (primary N) is 1. The molecular weight excluding hydrogens is 521 g/mol. The third-order valence-corrected chi connectivity index (χ3v) is 6.39. The van der Waals surface area contributed by atoms with Crippen LogP contribution in [0.2, 0.25) is 0 Å². The molecule has 40 heavy (non-hydrogen) atoms. The lowest BCUT2D eigenvalue weighted by molar-refractivity contribution is -0.137. The lowest BCUT2D eigenvalue weighted by Crippen LogP contribution is -2.23. The van der Waals surface area contributed by atoms with Crippen molar-refractivity contribution in [2.24, 2.45) is 0 Å². The Hall–Kier alpha value is -4.54. The van der Waals surface area contributed by atoms with Gasteiger partial charge < -0.3 is 26.0 Å². The van der Waals surface area contributed by atoms with Gasteiger partial charge in [-0.3, -0.25) is 4.79 Å². The molecule has 4 aromatic rings. The second kappa shape index (κ2) is 11.3. The molecule has 0 radical (unpaired) electrons. The van der Waals surface area contributed by atoms with E-state index in [1.165, 1.54) is 11.0 Å². The highest BCUT2D eigenvalue weighted by molar-refractivity contribution is 5.92. The minimum absolute atomic E-state index is 0.0251. The van der Waals surface area contributed by atoms with E-state index >= 15 is 0 Å². The number of carbonyl (C=O) groups is 1. The summed E-state index contributed by atoms with van der Waals surface area (Å²) in [7, 11) is 4.94. The third-order valence-electron chi connectivity index (χ3n) is 6.39. The van der Waals surface area contributed by atoms with Gasteiger partial charge in [-0.2, -0.15) is 13.2 Å². The van der Waals surface area contributed by atoms with Crippen LogP contribution in [0.25, 0.3) is 10.9 Å². The molecule has 0 aliphatic carbocycles. The Morgan fingerprint density at radius 3 is 2.52 bits per heavy atom. The highest BCUT2D eigenvalue weighted by Gasteiger charge is 2.31. The van der Waals surface area contributed by atoms with Crippen molar-refractivity contribution in [1.82, 2.24) is 14.9 Å². The quantitative estimate of drug-likeness (QED) is 0.227. The molecule has 11 heteroatoms. The van der Waals surface area contributed by atoms with Crippen LogP contribution < -0.4 is 21.1 Å². The normalized spacial score (nSPS) is 12.2. The van der Waals surface area contributed by atoms with Gasteiger partial charge in [0.15, 0.2) is 0 Å². The van der Waals surface area contributed by atoms with E-state index in [9.17, 15) is 18.0 Å². The van der Waals surface area contributed by atoms with E-state index in [0.29, 0.717) is 45.2 Å². The number of amides is 1. The summed E-state index contributed by atoms with van der Waals surface area (Å²) >= 11 is 0. The number of fused-ring (bicyclic) bond motifs is 1. The molecule has 4 N–H and O–H groups in total. The smallest absolute Gasteiger partial charge is 0.416 e. The first kappa shape index (κ1) is 28.5. The zero-order valence-corrected chi connectivity index (χ0v) is 22.8. The number of anilines is 4. The van der Waals surface area contributed by atoms with Gasteiger partial charge >= 0.3 is 6.18 Å². The van der Waals surface area contributed by atoms with Crippen LogP contribution in [0.4, 0.5) is 36.1 Å². The third kappa shape index (κ3) is 6.36. The summed E-state index contributed by atoms with van der Waals surface area (Å²) in [6, 6.07) is 14.0. The molecule has 1 heterocycles. The fourth-order valence-corrected chi connectivity index (χ4v) is 4.35. The molecule has 0 unspecified atom stereocenters. The molecule has 0 saturated carbocycles. The number of halogens is 3. The van der Waals surface area contributed by atoms with Gasteiger partial charge in [0.2, 0.25) is 5.91 Å². The lowest BCUT2D eigenvalue weighted by atomic mass is 10.0. The molecule has 1 atom stereocenters. The zero-order valence-electron chi connectivity index (χ0n) is 22.8. The van der Waals surface area contributed by atoms with Crippen molar-refractivity contribution in [2.75, 3.05) is 37.6 Å². The maximum atomic E-state index is 13.4. The Bertz CT molecular complexity index is 1560. The van der Waals surface area contributed by atoms with Gasteiger partial charge in [-0.15, -0.1) is 0 Å². The lowest BCUT2D eigenvalue weighted by Gasteiger charge is -2.20. The highest BCUT2D eigenvalue weighted by atomic mass is 19.4. The van der Waals surface area contributed by atoms with Crippen LogP contribution in [0, 0.1) is 6.92 Å². The Kier molecular flexibility index (Phi) is 8.03. The number of carbonyl (C=O) groups excluding carboxylic acids is 1. The van der Waals surface area contributed by atoms with Crippen molar-refractivity contribution in [3.8, 4) is 5.75 Å². The number of hydrogen-bond acceptors (Lipinski definition) is 7. The van der Waals surface area contributed by atoms with E-state index in [-0.39, 0.29) is 18.0 Å². The number of nitrogen functional groups attached to an aromatic ring is 1. The SMILES string of the molecule is COc1c(CC(=O)N(C)C)cccc1Nc1ccc2nc(C)nc(N[C@H](C)c3cc(N)cc(C(F)(F)F)c3)c2c1. The molecular formula is C29H31F3N6O2. The van der Waals surface area contributed by atoms with Crippen LogP contribution in [0.5, 0.6) is 5.75 Å². The van der Waals surface area contributed by atoms with E-state index in [1.54, 1.807) is 35.1 Å². The number of nitrogens with zero attached hydrogens (tertiary/aromatic N) is 3. The molecule has 1 aromatic heterocycles. The second-order valence-corrected chi connectivity index (χ2v) is 9.69. The number of hydrogen-bond donors (Lipinski definition) is 3. The molecule has 0 bridgehead atoms. The second-order valence-electron chi connectivity index (χ2n) is 9.69. The van der Waals surface area contributed by atoms with Gasteiger partial charge in [-0.1, -0.05) is 12.1 Å². The van der Waals surface area contributed by atoms with Crippen molar-refractivity contribution in [2.45, 2.75) is 32.5 Å². The Balaban J connectivity index is 1.68. The van der Waals surface area contributed by atoms with Crippen molar-refractivity contribution in [1.29, 1.82) is 0 Å². The highest BCUT2D eigenvalue weighted by Crippen LogP contribution is 2.36. The van der Waals surface area contributed by atoms with Gasteiger partial charge in [0, 0.05) is 36.4 Å². The Morgan fingerprint density at radius 2 is 1.85 bits per heavy atom. The number of ether oxygens (including phenoxy) is 1. The summed E-state index contributed by atoms with van der Waals surface area (Å²) in [5.74, 6) is 1.46. The number of methoxy groups -OCH3 is 1. The summed E-state index contributed by atoms with van der Waals surface area (Å²) in [6.07, 6.45) is -4.33. The van der Waals surface area contributed by atoms with Gasteiger partial charge in [0.05, 0.1) is 36.3 Å². The van der Waals surface area contributed by atoms with Crippen LogP contribution in [0.1, 0.15) is 35.5 Å². The van der Waals surface area contributed by atoms with Crippen LogP contribution in [0.3, 0.4) is 0 Å². The van der Waals surface area contributed by atoms with E-state index in [1.807, 2.05) is 36.4 Å². The van der Waals surface area contributed by atoms with Crippen LogP contribution >= 0.6 is 0 Å². The van der Waals surface area contributed by atoms with Crippen LogP contribution in [-0.4, -0.2) is 42.0 Å². The summed E-state index contributed by atoms with van der Waals surface area (Å²) in [5, 5.41) is 7.24. The number of para-hydroxylation sites is 1. The molecule has 210 valence electrons. The number of aromatic nitrogens is 2. The number of likely N-dealkylation sites (N-methyl/N-ethyl adjacent to an activating group) is 1. The largest absolute Gasteiger partial charge is 0.494 e. The first-order chi connectivity index (χ1) is 18.8. The van der Waals surface area contributed by atoms with E-state index in [2.05, 4.69) is 20.6 Å². The predicted octanol–water partition coefficient (Wildman–Crippen LogP) is 6.10. The standard InChI is InChI=1S/C29H31F3N6O2/c1-16(19-11-20(29(30,31)32)14-21(33)12-19)34-28-23-15-22(9-10-24(23)35-17(2)36-28)37-25-8-6-7-18(27(25)40-5)13-26(39)38(3)4/h6-12,14-16,37H,13,33H2,1-5H3,(H,34,35,36)/t16-/m1/s1. The first-order valence-corrected chi connectivity index (χ1v) is 12.5. The van der Waals surface area contributed by atoms with Crippen molar-refractivity contribution >= 4 is 39.7 Å². The Labute approximate surface area is 230 Å². The summed E-state index contributed by atoms with van der Waals surface area (Å²) in [4.78, 5) is 22.9. The number of rotatable bonds is 8. The molecule has 0 aliphatic heterocycles. The molecule has 4 rings (SSSR count). The fourth-order valence-electron chi connectivity index (χ4n) is 4.35. The van der Waals surface area contributed by atoms with Crippen molar-refractivity contribution in [3.63, 3.8) is 0 Å². The monoisotopic (exact) mass is 552 g/mol. The van der Waals surface area contributed by atoms with Gasteiger partial charge in [-0.25, -0.2) is 9.97 Å². The summed E-state index contributed by atoms with van der Waals surface area (Å²) in [5.41, 5.74) is 8.14. The molecule has 1 amide bonds. The number of aryl methyl sites for hydroxylation is 1. The average molecular weight is 553 g/mol.